The van der Waals surface area contributed by atoms with Crippen LogP contribution in [0, 0.1) is 0 Å². The Morgan fingerprint density at radius 3 is 2.45 bits per heavy atom. The molecular weight excluding hydrogens is 414 g/mol. The summed E-state index contributed by atoms with van der Waals surface area (Å²) in [4.78, 5) is 15.1. The molecule has 2 aromatic rings. The van der Waals surface area contributed by atoms with Crippen LogP contribution in [0.2, 0.25) is 0 Å². The molecule has 3 N–H and O–H groups in total. The lowest BCUT2D eigenvalue weighted by Crippen LogP contribution is -2.27. The van der Waals surface area contributed by atoms with Gasteiger partial charge in [-0.1, -0.05) is 42.5 Å². The number of carboxylic acids is 1. The van der Waals surface area contributed by atoms with Crippen molar-refractivity contribution in [2.24, 2.45) is 4.99 Å². The van der Waals surface area contributed by atoms with Gasteiger partial charge in [0.2, 0.25) is 0 Å². The van der Waals surface area contributed by atoms with E-state index < -0.39 is 21.6 Å². The van der Waals surface area contributed by atoms with E-state index in [1.54, 1.807) is 36.4 Å². The molecule has 2 heterocycles. The van der Waals surface area contributed by atoms with Crippen LogP contribution in [-0.2, 0) is 14.6 Å². The third-order valence-corrected chi connectivity index (χ3v) is 6.80. The fourth-order valence-electron chi connectivity index (χ4n) is 3.66. The molecule has 0 saturated carbocycles. The Morgan fingerprint density at radius 2 is 1.81 bits per heavy atom. The number of hydrogen-bond donors (Lipinski definition) is 3. The van der Waals surface area contributed by atoms with Crippen molar-refractivity contribution in [2.45, 2.75) is 50.1 Å². The van der Waals surface area contributed by atoms with Crippen LogP contribution in [0.5, 0.6) is 0 Å². The molecule has 0 aliphatic carbocycles. The normalized spacial score (nSPS) is 20.2. The van der Waals surface area contributed by atoms with Crippen LogP contribution in [0.4, 0.5) is 0 Å². The molecule has 8 heteroatoms. The molecule has 0 spiro atoms. The van der Waals surface area contributed by atoms with Crippen molar-refractivity contribution in [3.63, 3.8) is 0 Å². The lowest BCUT2D eigenvalue weighted by atomic mass is 10.1. The van der Waals surface area contributed by atoms with E-state index in [0.717, 1.165) is 24.8 Å². The summed E-state index contributed by atoms with van der Waals surface area (Å²) in [6, 6.07) is 13.0. The number of allylic oxidation sites excluding steroid dienone is 1. The lowest BCUT2D eigenvalue weighted by molar-refractivity contribution is -0.134. The lowest BCUT2D eigenvalue weighted by Gasteiger charge is -2.09. The monoisotopic (exact) mass is 443 g/mol. The second-order valence-corrected chi connectivity index (χ2v) is 9.93. The van der Waals surface area contributed by atoms with Crippen LogP contribution >= 0.6 is 0 Å². The minimum absolute atomic E-state index is 0.0676. The van der Waals surface area contributed by atoms with E-state index in [2.05, 4.69) is 35.5 Å². The highest BCUT2D eigenvalue weighted by molar-refractivity contribution is 7.92. The quantitative estimate of drug-likeness (QED) is 0.633. The smallest absolute Gasteiger partial charge is 0.319 e. The molecule has 0 amide bonds. The van der Waals surface area contributed by atoms with Crippen LogP contribution in [0.1, 0.15) is 33.1 Å². The maximum absolute atomic E-state index is 11.9. The first kappa shape index (κ1) is 22.8. The van der Waals surface area contributed by atoms with Crippen molar-refractivity contribution in [1.29, 1.82) is 0 Å². The zero-order valence-electron chi connectivity index (χ0n) is 17.8. The maximum atomic E-state index is 11.9. The second-order valence-electron chi connectivity index (χ2n) is 7.97. The number of carboxylic acid groups (broad SMARTS) is 1. The highest BCUT2D eigenvalue weighted by Crippen LogP contribution is 2.23. The zero-order valence-corrected chi connectivity index (χ0v) is 18.7. The summed E-state index contributed by atoms with van der Waals surface area (Å²) >= 11 is 0. The Labute approximate surface area is 183 Å². The van der Waals surface area contributed by atoms with Gasteiger partial charge in [-0.15, -0.1) is 0 Å². The molecular formula is C23H29N3O4S. The number of amidine groups is 1. The van der Waals surface area contributed by atoms with Crippen molar-refractivity contribution in [3.05, 3.63) is 54.2 Å². The number of benzene rings is 2. The van der Waals surface area contributed by atoms with Crippen LogP contribution < -0.4 is 10.6 Å². The average Bonchev–Trinajstić information content (AvgIpc) is 3.33. The largest absolute Gasteiger partial charge is 0.480 e. The molecule has 0 saturated heterocycles. The molecule has 0 aromatic heterocycles. The van der Waals surface area contributed by atoms with Gasteiger partial charge in [0.05, 0.1) is 17.3 Å². The van der Waals surface area contributed by atoms with Crippen molar-refractivity contribution >= 4 is 32.4 Å². The maximum Gasteiger partial charge on any atom is 0.319 e. The summed E-state index contributed by atoms with van der Waals surface area (Å²) in [5.41, 5.74) is 1.39. The summed E-state index contributed by atoms with van der Waals surface area (Å²) in [6.45, 7) is 5.33. The fraction of sp³-hybridized carbons (Fsp3) is 0.391. The summed E-state index contributed by atoms with van der Waals surface area (Å²) < 4.78 is 23.8. The molecule has 2 aromatic carbocycles. The van der Waals surface area contributed by atoms with Gasteiger partial charge in [0, 0.05) is 29.6 Å². The SMILES string of the molecule is CC1CC=C(CCC2=NCC(C)N2)N1.O=C(O)CS(=O)(=O)c1cccc2ccccc12. The Morgan fingerprint density at radius 1 is 1.06 bits per heavy atom. The molecule has 166 valence electrons. The molecule has 7 nitrogen and oxygen atoms in total. The topological polar surface area (TPSA) is 108 Å². The Bertz CT molecular complexity index is 1080. The van der Waals surface area contributed by atoms with E-state index in [0.29, 0.717) is 17.5 Å². The van der Waals surface area contributed by atoms with Gasteiger partial charge < -0.3 is 15.7 Å². The van der Waals surface area contributed by atoms with Gasteiger partial charge in [0.15, 0.2) is 15.6 Å². The van der Waals surface area contributed by atoms with Crippen LogP contribution in [-0.4, -0.2) is 49.7 Å². The number of rotatable bonds is 6. The first-order valence-electron chi connectivity index (χ1n) is 10.4. The van der Waals surface area contributed by atoms with Crippen molar-refractivity contribution < 1.29 is 18.3 Å². The van der Waals surface area contributed by atoms with Crippen LogP contribution in [0.25, 0.3) is 10.8 Å². The van der Waals surface area contributed by atoms with Gasteiger partial charge in [-0.25, -0.2) is 8.42 Å². The third kappa shape index (κ3) is 6.30. The number of carbonyl (C=O) groups is 1. The minimum Gasteiger partial charge on any atom is -0.480 e. The van der Waals surface area contributed by atoms with E-state index in [1.165, 1.54) is 24.0 Å². The minimum atomic E-state index is -3.79. The van der Waals surface area contributed by atoms with Gasteiger partial charge >= 0.3 is 5.97 Å². The van der Waals surface area contributed by atoms with Crippen LogP contribution in [0.15, 0.2) is 64.1 Å². The number of hydrogen-bond acceptors (Lipinski definition) is 6. The van der Waals surface area contributed by atoms with Crippen LogP contribution in [0.3, 0.4) is 0 Å². The van der Waals surface area contributed by atoms with Gasteiger partial charge in [0.25, 0.3) is 0 Å². The second kappa shape index (κ2) is 9.96. The van der Waals surface area contributed by atoms with Crippen molar-refractivity contribution in [2.75, 3.05) is 12.3 Å². The molecule has 0 radical (unpaired) electrons. The Kier molecular flexibility index (Phi) is 7.33. The number of nitrogens with one attached hydrogen (secondary N) is 2. The number of nitrogens with zero attached hydrogens (tertiary/aromatic N) is 1. The summed E-state index contributed by atoms with van der Waals surface area (Å²) in [7, 11) is -3.79. The molecule has 2 aliphatic rings. The number of fused-ring (bicyclic) bond motifs is 1. The van der Waals surface area contributed by atoms with E-state index >= 15 is 0 Å². The standard InChI is InChI=1S/C12H10O4S.C11H19N3/c13-12(14)8-17(15,16)11-7-3-5-9-4-1-2-6-10(9)11;1-8-3-4-10(13-8)5-6-11-12-7-9(2)14-11/h1-7H,8H2,(H,13,14);4,8-9,13H,3,5-7H2,1-2H3,(H,12,14). The van der Waals surface area contributed by atoms with E-state index in [-0.39, 0.29) is 4.90 Å². The summed E-state index contributed by atoms with van der Waals surface area (Å²) in [5.74, 6) is -1.06. The summed E-state index contributed by atoms with van der Waals surface area (Å²) in [5, 5.41) is 16.8. The molecule has 0 bridgehead atoms. The molecule has 4 rings (SSSR count). The summed E-state index contributed by atoms with van der Waals surface area (Å²) in [6.07, 6.45) is 5.63. The van der Waals surface area contributed by atoms with Gasteiger partial charge in [-0.05, 0) is 38.1 Å². The van der Waals surface area contributed by atoms with Crippen molar-refractivity contribution in [1.82, 2.24) is 10.6 Å². The molecule has 0 fully saturated rings. The zero-order chi connectivity index (χ0) is 22.4. The fourth-order valence-corrected chi connectivity index (χ4v) is 4.95. The highest BCUT2D eigenvalue weighted by Gasteiger charge is 2.20. The molecule has 2 unspecified atom stereocenters. The molecule has 31 heavy (non-hydrogen) atoms. The molecule has 2 atom stereocenters. The van der Waals surface area contributed by atoms with E-state index in [4.69, 9.17) is 5.11 Å². The van der Waals surface area contributed by atoms with Gasteiger partial charge in [0.1, 0.15) is 0 Å². The number of aliphatic imine (C=N–C) groups is 1. The first-order valence-corrected chi connectivity index (χ1v) is 12.1. The first-order chi connectivity index (χ1) is 14.7. The Balaban J connectivity index is 0.000000179. The van der Waals surface area contributed by atoms with Crippen molar-refractivity contribution in [3.8, 4) is 0 Å². The molecule has 2 aliphatic heterocycles. The highest BCUT2D eigenvalue weighted by atomic mass is 32.2. The predicted octanol–water partition coefficient (Wildman–Crippen LogP) is 3.12. The van der Waals surface area contributed by atoms with E-state index in [9.17, 15) is 13.2 Å². The average molecular weight is 444 g/mol. The van der Waals surface area contributed by atoms with E-state index in [1.807, 2.05) is 0 Å². The third-order valence-electron chi connectivity index (χ3n) is 5.15. The Hall–Kier alpha value is -2.87. The van der Waals surface area contributed by atoms with Gasteiger partial charge in [-0.3, -0.25) is 9.79 Å². The van der Waals surface area contributed by atoms with Gasteiger partial charge in [-0.2, -0.15) is 0 Å². The number of sulfone groups is 1. The number of aliphatic carboxylic acids is 1. The predicted molar refractivity (Wildman–Crippen MR) is 123 cm³/mol.